The fourth-order valence-corrected chi connectivity index (χ4v) is 2.75. The summed E-state index contributed by atoms with van der Waals surface area (Å²) in [6.07, 6.45) is 3.34. The van der Waals surface area contributed by atoms with E-state index in [0.29, 0.717) is 0 Å². The van der Waals surface area contributed by atoms with E-state index in [-0.39, 0.29) is 24.3 Å². The summed E-state index contributed by atoms with van der Waals surface area (Å²) in [7, 11) is -3.65. The van der Waals surface area contributed by atoms with E-state index in [1.54, 1.807) is 0 Å². The lowest BCUT2D eigenvalue weighted by Gasteiger charge is -2.29. The number of likely N-dealkylation sites (N-methyl/N-ethyl adjacent to an activating group) is 1. The molecule has 1 saturated heterocycles. The van der Waals surface area contributed by atoms with Crippen molar-refractivity contribution in [3.05, 3.63) is 11.8 Å². The third-order valence-corrected chi connectivity index (χ3v) is 4.21. The smallest absolute Gasteiger partial charge is 0.381 e. The molecule has 17 heavy (non-hydrogen) atoms. The van der Waals surface area contributed by atoms with Gasteiger partial charge in [0.05, 0.1) is 0 Å². The molecule has 0 radical (unpaired) electrons. The van der Waals surface area contributed by atoms with Crippen molar-refractivity contribution in [1.82, 2.24) is 4.90 Å². The molecule has 2 heterocycles. The van der Waals surface area contributed by atoms with Gasteiger partial charge in [0, 0.05) is 18.5 Å². The topological polar surface area (TPSA) is 46.6 Å². The average Bonchev–Trinajstić information content (AvgIpc) is 2.42. The molecule has 0 amide bonds. The van der Waals surface area contributed by atoms with E-state index in [2.05, 4.69) is 4.18 Å². The van der Waals surface area contributed by atoms with Crippen LogP contribution in [0.3, 0.4) is 0 Å². The van der Waals surface area contributed by atoms with Crippen LogP contribution in [0.15, 0.2) is 11.8 Å². The van der Waals surface area contributed by atoms with Crippen LogP contribution < -0.4 is 0 Å². The van der Waals surface area contributed by atoms with Crippen molar-refractivity contribution >= 4 is 10.1 Å². The highest BCUT2D eigenvalue weighted by Crippen LogP contribution is 2.36. The molecule has 2 atom stereocenters. The van der Waals surface area contributed by atoms with Gasteiger partial charge in [0.1, 0.15) is 5.76 Å². The van der Waals surface area contributed by atoms with Crippen molar-refractivity contribution < 1.29 is 25.8 Å². The van der Waals surface area contributed by atoms with Gasteiger partial charge in [-0.25, -0.2) is 0 Å². The molecule has 4 nitrogen and oxygen atoms in total. The molecule has 98 valence electrons. The molecule has 0 spiro atoms. The highest BCUT2D eigenvalue weighted by molar-refractivity contribution is 7.87. The van der Waals surface area contributed by atoms with E-state index >= 15 is 0 Å². The van der Waals surface area contributed by atoms with Gasteiger partial charge in [-0.1, -0.05) is 0 Å². The summed E-state index contributed by atoms with van der Waals surface area (Å²) in [5, 5.41) is 0. The predicted molar refractivity (Wildman–Crippen MR) is 53.3 cm³/mol. The van der Waals surface area contributed by atoms with Crippen molar-refractivity contribution in [1.29, 1.82) is 0 Å². The summed E-state index contributed by atoms with van der Waals surface area (Å²) in [5.74, 6) is -0.0899. The van der Waals surface area contributed by atoms with Gasteiger partial charge in [0.2, 0.25) is 0 Å². The first-order valence-corrected chi connectivity index (χ1v) is 6.55. The lowest BCUT2D eigenvalue weighted by Crippen LogP contribution is -2.36. The third-order valence-electron chi connectivity index (χ3n) is 3.21. The van der Waals surface area contributed by atoms with Crippen LogP contribution in [-0.2, 0) is 14.3 Å². The average molecular weight is 271 g/mol. The van der Waals surface area contributed by atoms with Crippen molar-refractivity contribution in [3.63, 3.8) is 0 Å². The molecule has 0 aromatic carbocycles. The molecule has 0 saturated carbocycles. The fraction of sp³-hybridized carbons (Fsp3) is 0.778. The quantitative estimate of drug-likeness (QED) is 0.565. The normalized spacial score (nSPS) is 30.2. The zero-order valence-corrected chi connectivity index (χ0v) is 9.88. The van der Waals surface area contributed by atoms with Gasteiger partial charge in [-0.2, -0.15) is 21.6 Å². The van der Waals surface area contributed by atoms with E-state index in [4.69, 9.17) is 0 Å². The van der Waals surface area contributed by atoms with Gasteiger partial charge in [0.15, 0.2) is 0 Å². The van der Waals surface area contributed by atoms with Crippen molar-refractivity contribution in [2.75, 3.05) is 7.05 Å². The predicted octanol–water partition coefficient (Wildman–Crippen LogP) is 1.60. The lowest BCUT2D eigenvalue weighted by molar-refractivity contribution is -0.0526. The van der Waals surface area contributed by atoms with Crippen molar-refractivity contribution in [3.8, 4) is 0 Å². The Balaban J connectivity index is 2.15. The number of hydrogen-bond acceptors (Lipinski definition) is 4. The number of halogens is 3. The number of nitrogens with zero attached hydrogens (tertiary/aromatic N) is 1. The summed E-state index contributed by atoms with van der Waals surface area (Å²) in [4.78, 5) is 2.02. The summed E-state index contributed by atoms with van der Waals surface area (Å²) >= 11 is 0. The minimum absolute atomic E-state index is 0.0211. The maximum Gasteiger partial charge on any atom is 0.534 e. The van der Waals surface area contributed by atoms with Crippen LogP contribution >= 0.6 is 0 Å². The number of rotatable bonds is 2. The monoisotopic (exact) mass is 271 g/mol. The molecular formula is C9H12F3NO3S. The SMILES string of the molecule is CN1[C@H]2CC[C@@H]1C=C(OS(=O)(=O)C(F)(F)F)C2. The van der Waals surface area contributed by atoms with E-state index in [1.807, 2.05) is 11.9 Å². The van der Waals surface area contributed by atoms with Crippen LogP contribution in [0, 0.1) is 0 Å². The minimum atomic E-state index is -5.52. The molecule has 2 rings (SSSR count). The van der Waals surface area contributed by atoms with Crippen LogP contribution in [0.25, 0.3) is 0 Å². The zero-order chi connectivity index (χ0) is 12.8. The Kier molecular flexibility index (Phi) is 2.89. The first kappa shape index (κ1) is 12.7. The second-order valence-corrected chi connectivity index (χ2v) is 5.82. The van der Waals surface area contributed by atoms with Crippen molar-refractivity contribution in [2.24, 2.45) is 0 Å². The van der Waals surface area contributed by atoms with Gasteiger partial charge >= 0.3 is 15.6 Å². The Hall–Kier alpha value is -0.760. The molecule has 0 aromatic rings. The van der Waals surface area contributed by atoms with Gasteiger partial charge in [0.25, 0.3) is 0 Å². The summed E-state index contributed by atoms with van der Waals surface area (Å²) < 4.78 is 62.2. The second kappa shape index (κ2) is 3.88. The second-order valence-electron chi connectivity index (χ2n) is 4.28. The lowest BCUT2D eigenvalue weighted by atomic mass is 10.1. The van der Waals surface area contributed by atoms with E-state index < -0.39 is 15.6 Å². The number of alkyl halides is 3. The fourth-order valence-electron chi connectivity index (χ4n) is 2.25. The van der Waals surface area contributed by atoms with Crippen LogP contribution in [0.1, 0.15) is 19.3 Å². The molecule has 2 aliphatic heterocycles. The Labute approximate surface area is 97.2 Å². The molecule has 8 heteroatoms. The summed E-state index contributed by atoms with van der Waals surface area (Å²) in [6, 6.07) is 0.0515. The Morgan fingerprint density at radius 3 is 2.59 bits per heavy atom. The first-order valence-electron chi connectivity index (χ1n) is 5.14. The maximum absolute atomic E-state index is 12.1. The number of fused-ring (bicyclic) bond motifs is 2. The van der Waals surface area contributed by atoms with E-state index in [1.165, 1.54) is 6.08 Å². The molecule has 0 N–H and O–H groups in total. The molecule has 0 aromatic heterocycles. The maximum atomic E-state index is 12.1. The zero-order valence-electron chi connectivity index (χ0n) is 9.07. The molecule has 0 unspecified atom stereocenters. The molecule has 2 aliphatic rings. The molecule has 1 fully saturated rings. The van der Waals surface area contributed by atoms with Crippen LogP contribution in [0.2, 0.25) is 0 Å². The van der Waals surface area contributed by atoms with E-state index in [0.717, 1.165) is 12.8 Å². The summed E-state index contributed by atoms with van der Waals surface area (Å²) in [6.45, 7) is 0. The number of hydrogen-bond donors (Lipinski definition) is 0. The third kappa shape index (κ3) is 2.28. The Morgan fingerprint density at radius 1 is 1.41 bits per heavy atom. The van der Waals surface area contributed by atoms with Gasteiger partial charge in [-0.05, 0) is 26.0 Å². The highest BCUT2D eigenvalue weighted by atomic mass is 32.2. The minimum Gasteiger partial charge on any atom is -0.381 e. The molecule has 0 aliphatic carbocycles. The van der Waals surface area contributed by atoms with Gasteiger partial charge < -0.3 is 4.18 Å². The summed E-state index contributed by atoms with van der Waals surface area (Å²) in [5.41, 5.74) is -5.36. The van der Waals surface area contributed by atoms with Crippen molar-refractivity contribution in [2.45, 2.75) is 36.9 Å². The highest BCUT2D eigenvalue weighted by Gasteiger charge is 2.49. The Morgan fingerprint density at radius 2 is 2.06 bits per heavy atom. The van der Waals surface area contributed by atoms with Crippen LogP contribution in [0.5, 0.6) is 0 Å². The van der Waals surface area contributed by atoms with E-state index in [9.17, 15) is 21.6 Å². The first-order chi connectivity index (χ1) is 7.71. The van der Waals surface area contributed by atoms with Gasteiger partial charge in [-0.15, -0.1) is 0 Å². The standard InChI is InChI=1S/C9H12F3NO3S/c1-13-6-2-3-7(13)5-8(4-6)16-17(14,15)9(10,11)12/h4,6-7H,2-3,5H2,1H3/t6-,7+/m1/s1. The molecule has 2 bridgehead atoms. The van der Waals surface area contributed by atoms with Crippen LogP contribution in [-0.4, -0.2) is 38.0 Å². The Bertz CT molecular complexity index is 443. The largest absolute Gasteiger partial charge is 0.534 e. The van der Waals surface area contributed by atoms with Gasteiger partial charge in [-0.3, -0.25) is 4.90 Å². The molecular weight excluding hydrogens is 259 g/mol. The van der Waals surface area contributed by atoms with Crippen LogP contribution in [0.4, 0.5) is 13.2 Å².